The van der Waals surface area contributed by atoms with E-state index in [9.17, 15) is 22.8 Å². The van der Waals surface area contributed by atoms with Gasteiger partial charge in [-0.2, -0.15) is 13.2 Å². The lowest BCUT2D eigenvalue weighted by molar-refractivity contribution is -0.139. The Morgan fingerprint density at radius 3 is 2.42 bits per heavy atom. The molecule has 0 aliphatic rings. The molecule has 1 atom stereocenters. The fourth-order valence-electron chi connectivity index (χ4n) is 1.23. The molecule has 0 unspecified atom stereocenters. The SMILES string of the molecule is C[C@@H](NC(=O)c1ccc(Br)c(C(F)(F)F)c1)C(=O)O. The zero-order valence-electron chi connectivity index (χ0n) is 9.58. The maximum absolute atomic E-state index is 12.6. The van der Waals surface area contributed by atoms with E-state index in [-0.39, 0.29) is 10.0 Å². The van der Waals surface area contributed by atoms with Crippen LogP contribution in [0, 0.1) is 0 Å². The average molecular weight is 340 g/mol. The zero-order valence-corrected chi connectivity index (χ0v) is 11.2. The van der Waals surface area contributed by atoms with Crippen molar-refractivity contribution in [2.24, 2.45) is 0 Å². The minimum absolute atomic E-state index is 0.192. The van der Waals surface area contributed by atoms with E-state index < -0.39 is 29.7 Å². The standard InChI is InChI=1S/C11H9BrF3NO3/c1-5(10(18)19)16-9(17)6-2-3-8(12)7(4-6)11(13,14)15/h2-5H,1H3,(H,16,17)(H,18,19)/t5-/m1/s1. The van der Waals surface area contributed by atoms with E-state index >= 15 is 0 Å². The summed E-state index contributed by atoms with van der Waals surface area (Å²) in [4.78, 5) is 22.1. The van der Waals surface area contributed by atoms with E-state index in [1.807, 2.05) is 0 Å². The van der Waals surface area contributed by atoms with Crippen molar-refractivity contribution < 1.29 is 27.9 Å². The Bertz CT molecular complexity index is 516. The molecule has 0 aromatic heterocycles. The molecule has 0 aliphatic heterocycles. The van der Waals surface area contributed by atoms with Crippen LogP contribution < -0.4 is 5.32 Å². The van der Waals surface area contributed by atoms with Crippen LogP contribution in [0.2, 0.25) is 0 Å². The highest BCUT2D eigenvalue weighted by molar-refractivity contribution is 9.10. The lowest BCUT2D eigenvalue weighted by Gasteiger charge is -2.12. The van der Waals surface area contributed by atoms with Gasteiger partial charge >= 0.3 is 12.1 Å². The van der Waals surface area contributed by atoms with E-state index in [0.29, 0.717) is 6.07 Å². The Labute approximate surface area is 114 Å². The average Bonchev–Trinajstić information content (AvgIpc) is 2.27. The van der Waals surface area contributed by atoms with Crippen LogP contribution in [0.15, 0.2) is 22.7 Å². The molecular weight excluding hydrogens is 331 g/mol. The second-order valence-corrected chi connectivity index (χ2v) is 4.58. The molecule has 1 aromatic rings. The number of alkyl halides is 3. The molecule has 0 aliphatic carbocycles. The Hall–Kier alpha value is -1.57. The number of nitrogens with one attached hydrogen (secondary N) is 1. The van der Waals surface area contributed by atoms with Crippen molar-refractivity contribution in [3.63, 3.8) is 0 Å². The van der Waals surface area contributed by atoms with Gasteiger partial charge in [0.15, 0.2) is 0 Å². The molecule has 0 saturated heterocycles. The first-order valence-electron chi connectivity index (χ1n) is 5.03. The van der Waals surface area contributed by atoms with Crippen LogP contribution in [-0.4, -0.2) is 23.0 Å². The number of hydrogen-bond donors (Lipinski definition) is 2. The number of hydrogen-bond acceptors (Lipinski definition) is 2. The smallest absolute Gasteiger partial charge is 0.417 e. The van der Waals surface area contributed by atoms with Crippen molar-refractivity contribution in [1.29, 1.82) is 0 Å². The fourth-order valence-corrected chi connectivity index (χ4v) is 1.70. The van der Waals surface area contributed by atoms with E-state index in [4.69, 9.17) is 5.11 Å². The summed E-state index contributed by atoms with van der Waals surface area (Å²) in [6.07, 6.45) is -4.60. The summed E-state index contributed by atoms with van der Waals surface area (Å²) in [5.41, 5.74) is -1.26. The summed E-state index contributed by atoms with van der Waals surface area (Å²) in [7, 11) is 0. The molecule has 4 nitrogen and oxygen atoms in total. The molecule has 19 heavy (non-hydrogen) atoms. The van der Waals surface area contributed by atoms with Gasteiger partial charge in [0.25, 0.3) is 5.91 Å². The molecule has 0 saturated carbocycles. The number of carboxylic acid groups (broad SMARTS) is 1. The summed E-state index contributed by atoms with van der Waals surface area (Å²) < 4.78 is 37.7. The molecule has 1 rings (SSSR count). The third kappa shape index (κ3) is 3.95. The van der Waals surface area contributed by atoms with Gasteiger partial charge in [-0.15, -0.1) is 0 Å². The largest absolute Gasteiger partial charge is 0.480 e. The van der Waals surface area contributed by atoms with Gasteiger partial charge in [0.05, 0.1) is 5.56 Å². The number of aliphatic carboxylic acids is 1. The van der Waals surface area contributed by atoms with Crippen molar-refractivity contribution in [1.82, 2.24) is 5.32 Å². The van der Waals surface area contributed by atoms with Gasteiger partial charge in [0, 0.05) is 10.0 Å². The first-order chi connectivity index (χ1) is 8.62. The maximum Gasteiger partial charge on any atom is 0.417 e. The van der Waals surface area contributed by atoms with Crippen molar-refractivity contribution in [2.45, 2.75) is 19.1 Å². The number of halogens is 4. The quantitative estimate of drug-likeness (QED) is 0.889. The molecule has 1 amide bonds. The van der Waals surface area contributed by atoms with Crippen LogP contribution in [-0.2, 0) is 11.0 Å². The van der Waals surface area contributed by atoms with Crippen LogP contribution in [0.3, 0.4) is 0 Å². The highest BCUT2D eigenvalue weighted by Gasteiger charge is 2.33. The van der Waals surface area contributed by atoms with Crippen LogP contribution in [0.1, 0.15) is 22.8 Å². The topological polar surface area (TPSA) is 66.4 Å². The molecule has 1 aromatic carbocycles. The molecule has 8 heteroatoms. The van der Waals surface area contributed by atoms with E-state index in [2.05, 4.69) is 21.2 Å². The predicted octanol–water partition coefficient (Wildman–Crippen LogP) is 2.67. The Morgan fingerprint density at radius 1 is 1.37 bits per heavy atom. The Kier molecular flexibility index (Phi) is 4.56. The van der Waals surface area contributed by atoms with Crippen molar-refractivity contribution in [3.8, 4) is 0 Å². The van der Waals surface area contributed by atoms with Crippen molar-refractivity contribution in [3.05, 3.63) is 33.8 Å². The first-order valence-corrected chi connectivity index (χ1v) is 5.82. The van der Waals surface area contributed by atoms with Gasteiger partial charge in [-0.3, -0.25) is 9.59 Å². The Morgan fingerprint density at radius 2 is 1.95 bits per heavy atom. The second-order valence-electron chi connectivity index (χ2n) is 3.73. The van der Waals surface area contributed by atoms with Gasteiger partial charge in [-0.05, 0) is 25.1 Å². The maximum atomic E-state index is 12.6. The monoisotopic (exact) mass is 339 g/mol. The fraction of sp³-hybridized carbons (Fsp3) is 0.273. The van der Waals surface area contributed by atoms with Gasteiger partial charge in [0.2, 0.25) is 0 Å². The molecule has 104 valence electrons. The zero-order chi connectivity index (χ0) is 14.8. The minimum Gasteiger partial charge on any atom is -0.480 e. The Balaban J connectivity index is 3.03. The number of amides is 1. The van der Waals surface area contributed by atoms with Gasteiger partial charge in [0.1, 0.15) is 6.04 Å². The lowest BCUT2D eigenvalue weighted by atomic mass is 10.1. The summed E-state index contributed by atoms with van der Waals surface area (Å²) in [5.74, 6) is -2.16. The van der Waals surface area contributed by atoms with E-state index in [0.717, 1.165) is 6.07 Å². The van der Waals surface area contributed by atoms with Gasteiger partial charge < -0.3 is 10.4 Å². The highest BCUT2D eigenvalue weighted by Crippen LogP contribution is 2.35. The van der Waals surface area contributed by atoms with Crippen LogP contribution in [0.4, 0.5) is 13.2 Å². The minimum atomic E-state index is -4.60. The highest BCUT2D eigenvalue weighted by atomic mass is 79.9. The van der Waals surface area contributed by atoms with Crippen LogP contribution in [0.5, 0.6) is 0 Å². The molecule has 0 heterocycles. The molecule has 0 radical (unpaired) electrons. The third-order valence-corrected chi connectivity index (χ3v) is 2.94. The first kappa shape index (κ1) is 15.5. The number of rotatable bonds is 3. The number of carbonyl (C=O) groups is 2. The summed E-state index contributed by atoms with van der Waals surface area (Å²) in [6.45, 7) is 1.21. The molecular formula is C11H9BrF3NO3. The second kappa shape index (κ2) is 5.60. The van der Waals surface area contributed by atoms with Crippen LogP contribution >= 0.6 is 15.9 Å². The molecule has 2 N–H and O–H groups in total. The summed E-state index contributed by atoms with van der Waals surface area (Å²) >= 11 is 2.74. The van der Waals surface area contributed by atoms with Crippen molar-refractivity contribution in [2.75, 3.05) is 0 Å². The summed E-state index contributed by atoms with van der Waals surface area (Å²) in [5, 5.41) is 10.7. The predicted molar refractivity (Wildman–Crippen MR) is 63.7 cm³/mol. The van der Waals surface area contributed by atoms with Gasteiger partial charge in [-0.25, -0.2) is 0 Å². The van der Waals surface area contributed by atoms with E-state index in [1.165, 1.54) is 13.0 Å². The normalized spacial score (nSPS) is 12.9. The third-order valence-electron chi connectivity index (χ3n) is 2.25. The van der Waals surface area contributed by atoms with E-state index in [1.54, 1.807) is 0 Å². The van der Waals surface area contributed by atoms with Crippen molar-refractivity contribution >= 4 is 27.8 Å². The van der Waals surface area contributed by atoms with Crippen LogP contribution in [0.25, 0.3) is 0 Å². The molecule has 0 spiro atoms. The number of carbonyl (C=O) groups excluding carboxylic acids is 1. The number of carboxylic acids is 1. The van der Waals surface area contributed by atoms with Gasteiger partial charge in [-0.1, -0.05) is 15.9 Å². The molecule has 0 fully saturated rings. The summed E-state index contributed by atoms with van der Waals surface area (Å²) in [6, 6.07) is 1.73. The number of benzene rings is 1. The molecule has 0 bridgehead atoms. The lowest BCUT2D eigenvalue weighted by Crippen LogP contribution is -2.38.